The van der Waals surface area contributed by atoms with Crippen molar-refractivity contribution in [2.75, 3.05) is 19.8 Å². The van der Waals surface area contributed by atoms with E-state index in [1.165, 1.54) is 11.6 Å². The van der Waals surface area contributed by atoms with Gasteiger partial charge < -0.3 is 14.8 Å². The lowest BCUT2D eigenvalue weighted by molar-refractivity contribution is 0.144. The largest absolute Gasteiger partial charge is 0.489 e. The lowest BCUT2D eigenvalue weighted by Crippen LogP contribution is -2.16. The minimum Gasteiger partial charge on any atom is -0.489 e. The van der Waals surface area contributed by atoms with E-state index in [4.69, 9.17) is 21.1 Å². The van der Waals surface area contributed by atoms with Gasteiger partial charge in [0.25, 0.3) is 0 Å². The van der Waals surface area contributed by atoms with Gasteiger partial charge in [-0.15, -0.1) is 0 Å². The van der Waals surface area contributed by atoms with Crippen LogP contribution in [0.5, 0.6) is 5.75 Å². The third kappa shape index (κ3) is 6.11. The van der Waals surface area contributed by atoms with Gasteiger partial charge >= 0.3 is 0 Å². The maximum Gasteiger partial charge on any atom is 0.131 e. The van der Waals surface area contributed by atoms with Gasteiger partial charge in [-0.05, 0) is 49.7 Å². The molecule has 0 aliphatic rings. The van der Waals surface area contributed by atoms with Gasteiger partial charge in [0.15, 0.2) is 0 Å². The first-order valence-corrected chi connectivity index (χ1v) is 8.51. The standard InChI is InChI=1S/C19H23ClFNO2/c1-2-23-12-4-11-22-13-15-7-9-16(10-8-15)24-14-17-18(20)5-3-6-19(17)21/h3,5-10,22H,2,4,11-14H2,1H3. The highest BCUT2D eigenvalue weighted by Crippen LogP contribution is 2.21. The summed E-state index contributed by atoms with van der Waals surface area (Å²) in [5, 5.41) is 3.74. The molecule has 0 unspecified atom stereocenters. The van der Waals surface area contributed by atoms with Crippen LogP contribution in [-0.2, 0) is 17.9 Å². The lowest BCUT2D eigenvalue weighted by atomic mass is 10.2. The highest BCUT2D eigenvalue weighted by molar-refractivity contribution is 6.31. The third-order valence-electron chi connectivity index (χ3n) is 3.54. The molecular formula is C19H23ClFNO2. The van der Waals surface area contributed by atoms with Gasteiger partial charge in [0.05, 0.1) is 5.02 Å². The van der Waals surface area contributed by atoms with Crippen molar-refractivity contribution < 1.29 is 13.9 Å². The Balaban J connectivity index is 1.76. The predicted octanol–water partition coefficient (Wildman–Crippen LogP) is 4.57. The Hall–Kier alpha value is -1.62. The van der Waals surface area contributed by atoms with Crippen LogP contribution in [0, 0.1) is 5.82 Å². The van der Waals surface area contributed by atoms with Crippen molar-refractivity contribution in [1.82, 2.24) is 5.32 Å². The Bertz CT molecular complexity index is 599. The highest BCUT2D eigenvalue weighted by Gasteiger charge is 2.07. The molecule has 0 heterocycles. The molecule has 2 aromatic rings. The number of hydrogen-bond donors (Lipinski definition) is 1. The molecule has 24 heavy (non-hydrogen) atoms. The Morgan fingerprint density at radius 1 is 1.12 bits per heavy atom. The second-order valence-corrected chi connectivity index (χ2v) is 5.77. The summed E-state index contributed by atoms with van der Waals surface area (Å²) >= 11 is 5.99. The van der Waals surface area contributed by atoms with Crippen molar-refractivity contribution in [1.29, 1.82) is 0 Å². The van der Waals surface area contributed by atoms with Crippen molar-refractivity contribution in [3.8, 4) is 5.75 Å². The van der Waals surface area contributed by atoms with Gasteiger partial charge in [-0.25, -0.2) is 4.39 Å². The molecule has 0 aliphatic heterocycles. The summed E-state index contributed by atoms with van der Waals surface area (Å²) in [6.07, 6.45) is 0.998. The molecule has 0 atom stereocenters. The highest BCUT2D eigenvalue weighted by atomic mass is 35.5. The SMILES string of the molecule is CCOCCCNCc1ccc(OCc2c(F)cccc2Cl)cc1. The molecule has 130 valence electrons. The molecule has 0 fully saturated rings. The third-order valence-corrected chi connectivity index (χ3v) is 3.90. The predicted molar refractivity (Wildman–Crippen MR) is 95.0 cm³/mol. The molecule has 0 spiro atoms. The fraction of sp³-hybridized carbons (Fsp3) is 0.368. The molecule has 0 aromatic heterocycles. The number of ether oxygens (including phenoxy) is 2. The molecule has 0 saturated carbocycles. The summed E-state index contributed by atoms with van der Waals surface area (Å²) in [7, 11) is 0. The van der Waals surface area contributed by atoms with E-state index in [1.807, 2.05) is 31.2 Å². The molecule has 0 bridgehead atoms. The van der Waals surface area contributed by atoms with E-state index in [2.05, 4.69) is 5.32 Å². The Morgan fingerprint density at radius 3 is 2.62 bits per heavy atom. The van der Waals surface area contributed by atoms with Crippen molar-refractivity contribution in [2.45, 2.75) is 26.5 Å². The number of rotatable bonds is 10. The van der Waals surface area contributed by atoms with E-state index in [0.717, 1.165) is 32.7 Å². The van der Waals surface area contributed by atoms with Crippen LogP contribution >= 0.6 is 11.6 Å². The first-order chi connectivity index (χ1) is 11.7. The fourth-order valence-electron chi connectivity index (χ4n) is 2.21. The van der Waals surface area contributed by atoms with Crippen LogP contribution in [0.15, 0.2) is 42.5 Å². The van der Waals surface area contributed by atoms with Gasteiger partial charge in [-0.3, -0.25) is 0 Å². The van der Waals surface area contributed by atoms with Crippen molar-refractivity contribution >= 4 is 11.6 Å². The van der Waals surface area contributed by atoms with Crippen LogP contribution in [0.4, 0.5) is 4.39 Å². The minimum absolute atomic E-state index is 0.112. The maximum absolute atomic E-state index is 13.7. The van der Waals surface area contributed by atoms with E-state index in [1.54, 1.807) is 12.1 Å². The van der Waals surface area contributed by atoms with E-state index < -0.39 is 0 Å². The first kappa shape index (κ1) is 18.7. The second kappa shape index (κ2) is 10.3. The summed E-state index contributed by atoms with van der Waals surface area (Å²) in [4.78, 5) is 0. The van der Waals surface area contributed by atoms with E-state index in [-0.39, 0.29) is 12.4 Å². The Labute approximate surface area is 147 Å². The molecular weight excluding hydrogens is 329 g/mol. The van der Waals surface area contributed by atoms with Crippen LogP contribution in [0.3, 0.4) is 0 Å². The molecule has 1 N–H and O–H groups in total. The minimum atomic E-state index is -0.352. The molecule has 5 heteroatoms. The zero-order valence-electron chi connectivity index (χ0n) is 13.9. The zero-order valence-corrected chi connectivity index (χ0v) is 14.6. The number of halogens is 2. The molecule has 0 aliphatic carbocycles. The maximum atomic E-state index is 13.7. The average molecular weight is 352 g/mol. The quantitative estimate of drug-likeness (QED) is 0.636. The molecule has 3 nitrogen and oxygen atoms in total. The van der Waals surface area contributed by atoms with E-state index >= 15 is 0 Å². The first-order valence-electron chi connectivity index (χ1n) is 8.13. The Morgan fingerprint density at radius 2 is 1.92 bits per heavy atom. The number of benzene rings is 2. The average Bonchev–Trinajstić information content (AvgIpc) is 2.59. The molecule has 2 rings (SSSR count). The van der Waals surface area contributed by atoms with Gasteiger partial charge in [0.1, 0.15) is 18.2 Å². The number of hydrogen-bond acceptors (Lipinski definition) is 3. The normalized spacial score (nSPS) is 10.8. The van der Waals surface area contributed by atoms with Gasteiger partial charge in [0, 0.05) is 25.3 Å². The summed E-state index contributed by atoms with van der Waals surface area (Å²) in [6.45, 7) is 5.38. The molecule has 0 saturated heterocycles. The van der Waals surface area contributed by atoms with Crippen LogP contribution < -0.4 is 10.1 Å². The second-order valence-electron chi connectivity index (χ2n) is 5.36. The van der Waals surface area contributed by atoms with Crippen LogP contribution in [0.2, 0.25) is 5.02 Å². The zero-order chi connectivity index (χ0) is 17.2. The molecule has 0 amide bonds. The van der Waals surface area contributed by atoms with Crippen molar-refractivity contribution in [3.05, 3.63) is 64.4 Å². The van der Waals surface area contributed by atoms with Crippen LogP contribution in [0.25, 0.3) is 0 Å². The molecule has 2 aromatic carbocycles. The van der Waals surface area contributed by atoms with Crippen LogP contribution in [-0.4, -0.2) is 19.8 Å². The Kier molecular flexibility index (Phi) is 8.02. The summed E-state index contributed by atoms with van der Waals surface area (Å²) in [6, 6.07) is 12.4. The molecule has 0 radical (unpaired) electrons. The van der Waals surface area contributed by atoms with Crippen LogP contribution in [0.1, 0.15) is 24.5 Å². The van der Waals surface area contributed by atoms with E-state index in [0.29, 0.717) is 16.3 Å². The van der Waals surface area contributed by atoms with Crippen molar-refractivity contribution in [2.24, 2.45) is 0 Å². The van der Waals surface area contributed by atoms with E-state index in [9.17, 15) is 4.39 Å². The summed E-state index contributed by atoms with van der Waals surface area (Å²) in [5.41, 5.74) is 1.54. The summed E-state index contributed by atoms with van der Waals surface area (Å²) < 4.78 is 24.6. The van der Waals surface area contributed by atoms with Gasteiger partial charge in [-0.2, -0.15) is 0 Å². The van der Waals surface area contributed by atoms with Gasteiger partial charge in [-0.1, -0.05) is 29.8 Å². The number of nitrogens with one attached hydrogen (secondary N) is 1. The fourth-order valence-corrected chi connectivity index (χ4v) is 2.42. The van der Waals surface area contributed by atoms with Gasteiger partial charge in [0.2, 0.25) is 0 Å². The lowest BCUT2D eigenvalue weighted by Gasteiger charge is -2.10. The monoisotopic (exact) mass is 351 g/mol. The van der Waals surface area contributed by atoms with Crippen molar-refractivity contribution in [3.63, 3.8) is 0 Å². The summed E-state index contributed by atoms with van der Waals surface area (Å²) in [5.74, 6) is 0.338. The smallest absolute Gasteiger partial charge is 0.131 e. The topological polar surface area (TPSA) is 30.5 Å².